The molecule has 1 radical (unpaired) electrons. The van der Waals surface area contributed by atoms with Crippen LogP contribution in [0.2, 0.25) is 0 Å². The normalized spacial score (nSPS) is 10.6. The van der Waals surface area contributed by atoms with Crippen molar-refractivity contribution >= 4 is 12.5 Å². The first-order chi connectivity index (χ1) is 7.15. The minimum Gasteiger partial charge on any atom is -0.453 e. The van der Waals surface area contributed by atoms with Crippen molar-refractivity contribution in [2.45, 2.75) is 20.8 Å². The summed E-state index contributed by atoms with van der Waals surface area (Å²) in [6.45, 7) is 7.90. The Morgan fingerprint density at radius 1 is 1.27 bits per heavy atom. The molecule has 0 fully saturated rings. The second-order valence-corrected chi connectivity index (χ2v) is 3.61. The first-order valence-corrected chi connectivity index (χ1v) is 4.88. The first kappa shape index (κ1) is 11.5. The Labute approximate surface area is 90.6 Å². The minimum absolute atomic E-state index is 0.274. The van der Waals surface area contributed by atoms with Crippen molar-refractivity contribution < 1.29 is 9.53 Å². The number of benzene rings is 1. The van der Waals surface area contributed by atoms with Gasteiger partial charge in [0.15, 0.2) is 0 Å². The summed E-state index contributed by atoms with van der Waals surface area (Å²) in [6.07, 6.45) is 3.79. The number of rotatable bonds is 4. The van der Waals surface area contributed by atoms with Crippen LogP contribution >= 0.6 is 0 Å². The van der Waals surface area contributed by atoms with Gasteiger partial charge in [-0.3, -0.25) is 0 Å². The van der Waals surface area contributed by atoms with Gasteiger partial charge in [0.05, 0.1) is 0 Å². The predicted molar refractivity (Wildman–Crippen MR) is 61.3 cm³/mol. The Morgan fingerprint density at radius 2 is 1.87 bits per heavy atom. The molecule has 1 rings (SSSR count). The maximum Gasteiger partial charge on any atom is 0.417 e. The fourth-order valence-corrected chi connectivity index (χ4v) is 1.70. The molecule has 2 heteroatoms. The van der Waals surface area contributed by atoms with Gasteiger partial charge >= 0.3 is 6.47 Å². The SMILES string of the molecule is Cc1cc(C)c(C=CCO[C]=O)c(C)c1. The van der Waals surface area contributed by atoms with E-state index < -0.39 is 0 Å². The van der Waals surface area contributed by atoms with Gasteiger partial charge in [-0.15, -0.1) is 0 Å². The zero-order valence-corrected chi connectivity index (χ0v) is 9.33. The van der Waals surface area contributed by atoms with E-state index in [1.165, 1.54) is 28.7 Å². The standard InChI is InChI=1S/C13H15O2/c1-10-7-11(2)13(12(3)8-10)5-4-6-15-9-14/h4-5,7-8H,6H2,1-3H3. The second-order valence-electron chi connectivity index (χ2n) is 3.61. The summed E-state index contributed by atoms with van der Waals surface area (Å²) in [6, 6.07) is 4.28. The number of aryl methyl sites for hydroxylation is 3. The third-order valence-corrected chi connectivity index (χ3v) is 2.26. The number of hydrogen-bond acceptors (Lipinski definition) is 2. The van der Waals surface area contributed by atoms with Crippen LogP contribution in [0.15, 0.2) is 18.2 Å². The molecule has 79 valence electrons. The molecule has 0 heterocycles. The lowest BCUT2D eigenvalue weighted by Gasteiger charge is -2.06. The molecule has 0 N–H and O–H groups in total. The lowest BCUT2D eigenvalue weighted by atomic mass is 9.99. The monoisotopic (exact) mass is 203 g/mol. The van der Waals surface area contributed by atoms with Crippen LogP contribution in [-0.2, 0) is 9.53 Å². The van der Waals surface area contributed by atoms with E-state index in [0.717, 1.165) is 0 Å². The maximum atomic E-state index is 9.81. The molecule has 2 nitrogen and oxygen atoms in total. The van der Waals surface area contributed by atoms with Crippen LogP contribution in [0.3, 0.4) is 0 Å². The van der Waals surface area contributed by atoms with E-state index in [0.29, 0.717) is 0 Å². The Bertz CT molecular complexity index is 355. The molecule has 1 aromatic rings. The summed E-state index contributed by atoms with van der Waals surface area (Å²) in [5.74, 6) is 0. The molecular weight excluding hydrogens is 188 g/mol. The number of hydrogen-bond donors (Lipinski definition) is 0. The van der Waals surface area contributed by atoms with E-state index in [2.05, 4.69) is 37.6 Å². The Balaban J connectivity index is 2.85. The highest BCUT2D eigenvalue weighted by atomic mass is 16.5. The third-order valence-electron chi connectivity index (χ3n) is 2.26. The van der Waals surface area contributed by atoms with E-state index in [1.54, 1.807) is 0 Å². The van der Waals surface area contributed by atoms with Gasteiger partial charge in [-0.1, -0.05) is 23.8 Å². The summed E-state index contributed by atoms with van der Waals surface area (Å²) >= 11 is 0. The molecule has 0 bridgehead atoms. The summed E-state index contributed by atoms with van der Waals surface area (Å²) in [5, 5.41) is 0. The van der Waals surface area contributed by atoms with E-state index in [1.807, 2.05) is 12.2 Å². The molecule has 0 aliphatic carbocycles. The average molecular weight is 203 g/mol. The van der Waals surface area contributed by atoms with Crippen LogP contribution in [0.1, 0.15) is 22.3 Å². The van der Waals surface area contributed by atoms with Crippen molar-refractivity contribution in [3.63, 3.8) is 0 Å². The van der Waals surface area contributed by atoms with Crippen LogP contribution < -0.4 is 0 Å². The van der Waals surface area contributed by atoms with Crippen molar-refractivity contribution in [3.8, 4) is 0 Å². The molecule has 1 aromatic carbocycles. The van der Waals surface area contributed by atoms with Crippen molar-refractivity contribution in [1.29, 1.82) is 0 Å². The molecule has 0 spiro atoms. The van der Waals surface area contributed by atoms with Gasteiger partial charge in [0.25, 0.3) is 0 Å². The molecular formula is C13H15O2. The van der Waals surface area contributed by atoms with Gasteiger partial charge in [0.2, 0.25) is 0 Å². The van der Waals surface area contributed by atoms with E-state index in [4.69, 9.17) is 0 Å². The lowest BCUT2D eigenvalue weighted by molar-refractivity contribution is 0.314. The molecule has 0 aromatic heterocycles. The zero-order chi connectivity index (χ0) is 11.3. The van der Waals surface area contributed by atoms with Crippen LogP contribution in [0, 0.1) is 20.8 Å². The molecule has 0 amide bonds. The van der Waals surface area contributed by atoms with Gasteiger partial charge in [-0.2, -0.15) is 0 Å². The van der Waals surface area contributed by atoms with Crippen molar-refractivity contribution in [2.24, 2.45) is 0 Å². The van der Waals surface area contributed by atoms with Crippen LogP contribution in [-0.4, -0.2) is 13.1 Å². The molecule has 0 atom stereocenters. The van der Waals surface area contributed by atoms with Gasteiger partial charge in [-0.05, 0) is 43.5 Å². The van der Waals surface area contributed by atoms with Crippen molar-refractivity contribution in [3.05, 3.63) is 40.5 Å². The number of ether oxygens (including phenoxy) is 1. The number of carbonyl (C=O) groups excluding carboxylic acids is 1. The van der Waals surface area contributed by atoms with E-state index >= 15 is 0 Å². The summed E-state index contributed by atoms with van der Waals surface area (Å²) in [7, 11) is 0. The van der Waals surface area contributed by atoms with Gasteiger partial charge in [-0.25, -0.2) is 4.79 Å². The largest absolute Gasteiger partial charge is 0.453 e. The van der Waals surface area contributed by atoms with Gasteiger partial charge in [0.1, 0.15) is 6.61 Å². The highest BCUT2D eigenvalue weighted by Gasteiger charge is 1.99. The molecule has 0 aliphatic rings. The van der Waals surface area contributed by atoms with Crippen LogP contribution in [0.25, 0.3) is 6.08 Å². The average Bonchev–Trinajstić information content (AvgIpc) is 2.15. The first-order valence-electron chi connectivity index (χ1n) is 4.88. The smallest absolute Gasteiger partial charge is 0.417 e. The molecule has 0 saturated carbocycles. The molecule has 0 unspecified atom stereocenters. The molecule has 15 heavy (non-hydrogen) atoms. The van der Waals surface area contributed by atoms with Gasteiger partial charge < -0.3 is 4.74 Å². The topological polar surface area (TPSA) is 26.3 Å². The van der Waals surface area contributed by atoms with Gasteiger partial charge in [0, 0.05) is 0 Å². The fourth-order valence-electron chi connectivity index (χ4n) is 1.70. The van der Waals surface area contributed by atoms with Crippen LogP contribution in [0.5, 0.6) is 0 Å². The highest BCUT2D eigenvalue weighted by Crippen LogP contribution is 2.17. The Hall–Kier alpha value is -1.57. The predicted octanol–water partition coefficient (Wildman–Crippen LogP) is 2.71. The van der Waals surface area contributed by atoms with Crippen molar-refractivity contribution in [2.75, 3.05) is 6.61 Å². The third kappa shape index (κ3) is 3.24. The fraction of sp³-hybridized carbons (Fsp3) is 0.308. The summed E-state index contributed by atoms with van der Waals surface area (Å²) in [5.41, 5.74) is 4.92. The Kier molecular flexibility index (Phi) is 4.10. The maximum absolute atomic E-state index is 9.81. The van der Waals surface area contributed by atoms with E-state index in [-0.39, 0.29) is 6.61 Å². The second kappa shape index (κ2) is 5.35. The minimum atomic E-state index is 0.274. The zero-order valence-electron chi connectivity index (χ0n) is 9.33. The summed E-state index contributed by atoms with van der Waals surface area (Å²) in [4.78, 5) is 9.81. The Morgan fingerprint density at radius 3 is 2.40 bits per heavy atom. The highest BCUT2D eigenvalue weighted by molar-refractivity contribution is 5.58. The molecule has 0 aliphatic heterocycles. The summed E-state index contributed by atoms with van der Waals surface area (Å²) < 4.78 is 4.47. The lowest BCUT2D eigenvalue weighted by Crippen LogP contribution is -1.90. The van der Waals surface area contributed by atoms with Crippen molar-refractivity contribution in [1.82, 2.24) is 0 Å². The molecule has 0 saturated heterocycles. The quantitative estimate of drug-likeness (QED) is 0.703. The van der Waals surface area contributed by atoms with E-state index in [9.17, 15) is 4.79 Å². The van der Waals surface area contributed by atoms with Crippen LogP contribution in [0.4, 0.5) is 0 Å².